The van der Waals surface area contributed by atoms with Crippen molar-refractivity contribution in [3.8, 4) is 11.5 Å². The minimum Gasteiger partial charge on any atom is -0.485 e. The van der Waals surface area contributed by atoms with E-state index >= 15 is 0 Å². The quantitative estimate of drug-likeness (QED) is 0.601. The Morgan fingerprint density at radius 1 is 1.04 bits per heavy atom. The number of para-hydroxylation sites is 2. The molecule has 1 heterocycles. The summed E-state index contributed by atoms with van der Waals surface area (Å²) in [4.78, 5) is 25.2. The molecule has 4 saturated carbocycles. The van der Waals surface area contributed by atoms with E-state index in [0.29, 0.717) is 29.8 Å². The molecule has 1 aromatic carbocycles. The lowest BCUT2D eigenvalue weighted by Gasteiger charge is -2.59. The molecular formula is C20H23ClN2O4. The average Bonchev–Trinajstić information content (AvgIpc) is 2.63. The van der Waals surface area contributed by atoms with Gasteiger partial charge in [0, 0.05) is 4.87 Å². The Hall–Kier alpha value is -1.95. The lowest BCUT2D eigenvalue weighted by Crippen LogP contribution is -2.61. The Bertz CT molecular complexity index is 784. The van der Waals surface area contributed by atoms with E-state index in [4.69, 9.17) is 21.1 Å². The number of hydrogen-bond acceptors (Lipinski definition) is 4. The van der Waals surface area contributed by atoms with Crippen molar-refractivity contribution in [3.05, 3.63) is 24.3 Å². The first-order chi connectivity index (χ1) is 12.9. The first kappa shape index (κ1) is 17.2. The summed E-state index contributed by atoms with van der Waals surface area (Å²) in [5, 5.41) is 0. The molecule has 4 bridgehead atoms. The van der Waals surface area contributed by atoms with Gasteiger partial charge in [-0.3, -0.25) is 20.4 Å². The molecule has 1 aromatic rings. The fourth-order valence-electron chi connectivity index (χ4n) is 5.90. The predicted octanol–water partition coefficient (Wildman–Crippen LogP) is 2.55. The molecule has 2 N–H and O–H groups in total. The molecular weight excluding hydrogens is 368 g/mol. The van der Waals surface area contributed by atoms with E-state index in [0.717, 1.165) is 25.7 Å². The molecule has 0 radical (unpaired) electrons. The van der Waals surface area contributed by atoms with Gasteiger partial charge in [0.2, 0.25) is 12.0 Å². The highest BCUT2D eigenvalue weighted by Gasteiger charge is 2.60. The van der Waals surface area contributed by atoms with Gasteiger partial charge in [-0.1, -0.05) is 12.1 Å². The third-order valence-electron chi connectivity index (χ3n) is 6.57. The first-order valence-corrected chi connectivity index (χ1v) is 10.0. The van der Waals surface area contributed by atoms with Gasteiger partial charge in [0.15, 0.2) is 11.5 Å². The number of benzene rings is 1. The second-order valence-corrected chi connectivity index (χ2v) is 9.50. The van der Waals surface area contributed by atoms with E-state index in [1.54, 1.807) is 12.1 Å². The van der Waals surface area contributed by atoms with E-state index in [2.05, 4.69) is 10.9 Å². The van der Waals surface area contributed by atoms with Crippen molar-refractivity contribution in [3.63, 3.8) is 0 Å². The van der Waals surface area contributed by atoms with Gasteiger partial charge in [-0.2, -0.15) is 0 Å². The second kappa shape index (κ2) is 6.03. The normalized spacial score (nSPS) is 38.3. The first-order valence-electron chi connectivity index (χ1n) is 9.62. The molecule has 6 nitrogen and oxygen atoms in total. The van der Waals surface area contributed by atoms with Gasteiger partial charge >= 0.3 is 0 Å². The van der Waals surface area contributed by atoms with E-state index in [9.17, 15) is 9.59 Å². The summed E-state index contributed by atoms with van der Waals surface area (Å²) in [5.74, 6) is 1.66. The molecule has 0 spiro atoms. The summed E-state index contributed by atoms with van der Waals surface area (Å²) in [5.41, 5.74) is 4.73. The molecule has 2 amide bonds. The van der Waals surface area contributed by atoms with Crippen LogP contribution in [0.2, 0.25) is 0 Å². The summed E-state index contributed by atoms with van der Waals surface area (Å²) in [6.45, 7) is 0.110. The van der Waals surface area contributed by atoms with Gasteiger partial charge < -0.3 is 9.47 Å². The molecule has 144 valence electrons. The van der Waals surface area contributed by atoms with Crippen LogP contribution in [0.4, 0.5) is 0 Å². The highest BCUT2D eigenvalue weighted by molar-refractivity contribution is 6.24. The summed E-state index contributed by atoms with van der Waals surface area (Å²) in [6, 6.07) is 7.21. The van der Waals surface area contributed by atoms with Crippen LogP contribution in [0.1, 0.15) is 38.5 Å². The van der Waals surface area contributed by atoms with Crippen LogP contribution in [0.25, 0.3) is 0 Å². The van der Waals surface area contributed by atoms with Crippen LogP contribution in [0.3, 0.4) is 0 Å². The number of rotatable bonds is 2. The van der Waals surface area contributed by atoms with Crippen molar-refractivity contribution in [2.24, 2.45) is 17.3 Å². The summed E-state index contributed by atoms with van der Waals surface area (Å²) >= 11 is 6.79. The number of halogens is 1. The number of hydrazine groups is 1. The second-order valence-electron chi connectivity index (χ2n) is 8.70. The summed E-state index contributed by atoms with van der Waals surface area (Å²) in [7, 11) is 0. The number of fused-ring (bicyclic) bond motifs is 1. The fraction of sp³-hybridized carbons (Fsp3) is 0.600. The Morgan fingerprint density at radius 2 is 1.74 bits per heavy atom. The Labute approximate surface area is 162 Å². The van der Waals surface area contributed by atoms with Crippen LogP contribution < -0.4 is 20.3 Å². The van der Waals surface area contributed by atoms with E-state index < -0.39 is 17.4 Å². The number of nitrogens with one attached hydrogen (secondary N) is 2. The highest BCUT2D eigenvalue weighted by Crippen LogP contribution is 2.63. The fourth-order valence-corrected chi connectivity index (χ4v) is 6.59. The van der Waals surface area contributed by atoms with Gasteiger partial charge in [-0.25, -0.2) is 0 Å². The maximum atomic E-state index is 13.0. The monoisotopic (exact) mass is 390 g/mol. The molecule has 5 atom stereocenters. The molecule has 27 heavy (non-hydrogen) atoms. The Morgan fingerprint density at radius 3 is 2.44 bits per heavy atom. The van der Waals surface area contributed by atoms with Gasteiger partial charge in [0.05, 0.1) is 5.41 Å². The van der Waals surface area contributed by atoms with E-state index in [1.165, 1.54) is 6.42 Å². The van der Waals surface area contributed by atoms with Crippen molar-refractivity contribution in [2.75, 3.05) is 6.61 Å². The van der Waals surface area contributed by atoms with Gasteiger partial charge in [0.25, 0.3) is 5.91 Å². The molecule has 2 unspecified atom stereocenters. The molecule has 7 heteroatoms. The van der Waals surface area contributed by atoms with Crippen LogP contribution in [0.15, 0.2) is 24.3 Å². The third-order valence-corrected chi connectivity index (χ3v) is 7.01. The molecule has 1 aliphatic heterocycles. The van der Waals surface area contributed by atoms with Gasteiger partial charge in [-0.15, -0.1) is 11.6 Å². The zero-order chi connectivity index (χ0) is 18.6. The number of alkyl halides is 1. The number of carbonyl (C=O) groups excluding carboxylic acids is 2. The Balaban J connectivity index is 1.22. The van der Waals surface area contributed by atoms with Gasteiger partial charge in [-0.05, 0) is 62.5 Å². The van der Waals surface area contributed by atoms with Crippen molar-refractivity contribution in [2.45, 2.75) is 49.5 Å². The molecule has 0 saturated heterocycles. The maximum absolute atomic E-state index is 13.0. The maximum Gasteiger partial charge on any atom is 0.283 e. The van der Waals surface area contributed by atoms with E-state index in [1.807, 2.05) is 12.1 Å². The minimum atomic E-state index is -0.795. The van der Waals surface area contributed by atoms with Gasteiger partial charge in [0.1, 0.15) is 6.61 Å². The minimum absolute atomic E-state index is 0.110. The zero-order valence-corrected chi connectivity index (χ0v) is 15.8. The molecule has 5 aliphatic rings. The average molecular weight is 391 g/mol. The molecule has 4 fully saturated rings. The topological polar surface area (TPSA) is 76.7 Å². The van der Waals surface area contributed by atoms with Crippen LogP contribution in [-0.4, -0.2) is 29.4 Å². The summed E-state index contributed by atoms with van der Waals surface area (Å²) < 4.78 is 11.2. The van der Waals surface area contributed by atoms with Crippen molar-refractivity contribution >= 4 is 23.4 Å². The standard InChI is InChI=1S/C20H23ClN2O4/c21-20-8-12-5-13(9-20)7-19(6-12,11-20)18(25)23-22-17(24)16-10-26-14-3-1-2-4-15(14)27-16/h1-4,12-13,16H,5-11H2,(H,22,24)(H,23,25)/t12-,13+,16-,19?,20?/m1/s1. The van der Waals surface area contributed by atoms with Crippen LogP contribution >= 0.6 is 11.6 Å². The number of carbonyl (C=O) groups is 2. The molecule has 0 aromatic heterocycles. The van der Waals surface area contributed by atoms with Crippen LogP contribution in [-0.2, 0) is 9.59 Å². The van der Waals surface area contributed by atoms with Crippen molar-refractivity contribution in [1.29, 1.82) is 0 Å². The number of hydrogen-bond donors (Lipinski definition) is 2. The zero-order valence-electron chi connectivity index (χ0n) is 15.0. The lowest BCUT2D eigenvalue weighted by atomic mass is 9.49. The SMILES string of the molecule is O=C(NNC(=O)C12C[C@@H]3C[C@@H](CC(Cl)(C3)C1)C2)[C@H]1COc2ccccc2O1. The highest BCUT2D eigenvalue weighted by atomic mass is 35.5. The number of amides is 2. The lowest BCUT2D eigenvalue weighted by molar-refractivity contribution is -0.148. The smallest absolute Gasteiger partial charge is 0.283 e. The van der Waals surface area contributed by atoms with E-state index in [-0.39, 0.29) is 17.4 Å². The largest absolute Gasteiger partial charge is 0.485 e. The third kappa shape index (κ3) is 2.94. The Kier molecular flexibility index (Phi) is 3.83. The van der Waals surface area contributed by atoms with Crippen molar-refractivity contribution in [1.82, 2.24) is 10.9 Å². The number of ether oxygens (including phenoxy) is 2. The predicted molar refractivity (Wildman–Crippen MR) is 98.3 cm³/mol. The van der Waals surface area contributed by atoms with Crippen LogP contribution in [0, 0.1) is 17.3 Å². The molecule has 6 rings (SSSR count). The van der Waals surface area contributed by atoms with Crippen molar-refractivity contribution < 1.29 is 19.1 Å². The summed E-state index contributed by atoms with van der Waals surface area (Å²) in [6.07, 6.45) is 4.86. The molecule has 4 aliphatic carbocycles. The van der Waals surface area contributed by atoms with Crippen LogP contribution in [0.5, 0.6) is 11.5 Å².